The normalized spacial score (nSPS) is 11.9. The van der Waals surface area contributed by atoms with Gasteiger partial charge in [-0.3, -0.25) is 4.79 Å². The summed E-state index contributed by atoms with van der Waals surface area (Å²) in [6.07, 6.45) is 0. The van der Waals surface area contributed by atoms with Crippen LogP contribution in [-0.2, 0) is 11.3 Å². The van der Waals surface area contributed by atoms with Crippen LogP contribution in [0.15, 0.2) is 59.8 Å². The first-order valence-electron chi connectivity index (χ1n) is 8.00. The summed E-state index contributed by atoms with van der Waals surface area (Å²) in [6, 6.07) is 17.0. The standard InChI is InChI=1S/C18H18ClN5OS/c1-12(17(25)21-11-13-7-3-2-4-8-13)26-18-23-22-16(24(18)20)14-9-5-6-10-15(14)19/h2-10,12H,11,20H2,1H3,(H,21,25)/t12-/m1/s1. The van der Waals surface area contributed by atoms with E-state index in [-0.39, 0.29) is 11.2 Å². The highest BCUT2D eigenvalue weighted by Gasteiger charge is 2.20. The van der Waals surface area contributed by atoms with Crippen LogP contribution in [0.25, 0.3) is 11.4 Å². The first-order chi connectivity index (χ1) is 12.6. The zero-order valence-electron chi connectivity index (χ0n) is 14.1. The van der Waals surface area contributed by atoms with Gasteiger partial charge in [0, 0.05) is 12.1 Å². The lowest BCUT2D eigenvalue weighted by atomic mass is 10.2. The molecule has 3 N–H and O–H groups in total. The van der Waals surface area contributed by atoms with Crippen LogP contribution in [0, 0.1) is 0 Å². The highest BCUT2D eigenvalue weighted by Crippen LogP contribution is 2.28. The van der Waals surface area contributed by atoms with Crippen LogP contribution in [-0.4, -0.2) is 26.0 Å². The molecule has 1 amide bonds. The van der Waals surface area contributed by atoms with E-state index in [9.17, 15) is 4.79 Å². The fourth-order valence-electron chi connectivity index (χ4n) is 2.32. The second kappa shape index (κ2) is 8.25. The second-order valence-corrected chi connectivity index (χ2v) is 7.33. The largest absolute Gasteiger partial charge is 0.351 e. The Labute approximate surface area is 160 Å². The Hall–Kier alpha value is -2.51. The Morgan fingerprint density at radius 1 is 1.19 bits per heavy atom. The van der Waals surface area contributed by atoms with E-state index in [0.29, 0.717) is 28.1 Å². The van der Waals surface area contributed by atoms with Gasteiger partial charge in [0.05, 0.1) is 10.3 Å². The van der Waals surface area contributed by atoms with Crippen molar-refractivity contribution in [2.45, 2.75) is 23.9 Å². The molecule has 2 aromatic carbocycles. The van der Waals surface area contributed by atoms with E-state index in [1.165, 1.54) is 16.4 Å². The van der Waals surface area contributed by atoms with Crippen molar-refractivity contribution in [2.24, 2.45) is 0 Å². The summed E-state index contributed by atoms with van der Waals surface area (Å²) in [5.41, 5.74) is 1.73. The third kappa shape index (κ3) is 4.17. The van der Waals surface area contributed by atoms with Gasteiger partial charge < -0.3 is 11.2 Å². The molecule has 0 spiro atoms. The van der Waals surface area contributed by atoms with Gasteiger partial charge >= 0.3 is 0 Å². The second-order valence-electron chi connectivity index (χ2n) is 5.62. The Bertz CT molecular complexity index is 900. The van der Waals surface area contributed by atoms with E-state index in [1.54, 1.807) is 13.0 Å². The maximum absolute atomic E-state index is 12.3. The summed E-state index contributed by atoms with van der Waals surface area (Å²) < 4.78 is 1.35. The van der Waals surface area contributed by atoms with E-state index in [1.807, 2.05) is 48.5 Å². The molecule has 0 radical (unpaired) electrons. The molecule has 134 valence electrons. The van der Waals surface area contributed by atoms with Crippen molar-refractivity contribution in [2.75, 3.05) is 5.84 Å². The molecule has 3 rings (SSSR count). The van der Waals surface area contributed by atoms with E-state index < -0.39 is 0 Å². The Balaban J connectivity index is 1.65. The van der Waals surface area contributed by atoms with E-state index in [0.717, 1.165) is 5.56 Å². The van der Waals surface area contributed by atoms with Gasteiger partial charge in [0.25, 0.3) is 0 Å². The van der Waals surface area contributed by atoms with Gasteiger partial charge in [-0.05, 0) is 24.6 Å². The van der Waals surface area contributed by atoms with Gasteiger partial charge in [0.2, 0.25) is 11.1 Å². The number of nitrogen functional groups attached to an aromatic ring is 1. The molecule has 1 heterocycles. The van der Waals surface area contributed by atoms with Crippen molar-refractivity contribution in [3.8, 4) is 11.4 Å². The average molecular weight is 388 g/mol. The zero-order valence-corrected chi connectivity index (χ0v) is 15.7. The summed E-state index contributed by atoms with van der Waals surface area (Å²) >= 11 is 7.43. The number of rotatable bonds is 6. The van der Waals surface area contributed by atoms with Crippen molar-refractivity contribution < 1.29 is 4.79 Å². The molecule has 0 unspecified atom stereocenters. The lowest BCUT2D eigenvalue weighted by molar-refractivity contribution is -0.120. The average Bonchev–Trinajstić information content (AvgIpc) is 3.01. The Morgan fingerprint density at radius 2 is 1.88 bits per heavy atom. The van der Waals surface area contributed by atoms with Crippen LogP contribution in [0.2, 0.25) is 5.02 Å². The third-order valence-corrected chi connectivity index (χ3v) is 5.13. The smallest absolute Gasteiger partial charge is 0.233 e. The number of benzene rings is 2. The lowest BCUT2D eigenvalue weighted by Gasteiger charge is -2.11. The molecule has 8 heteroatoms. The number of carbonyl (C=O) groups is 1. The topological polar surface area (TPSA) is 85.8 Å². The number of nitrogens with one attached hydrogen (secondary N) is 1. The van der Waals surface area contributed by atoms with Crippen molar-refractivity contribution in [1.82, 2.24) is 20.2 Å². The fraction of sp³-hybridized carbons (Fsp3) is 0.167. The molecule has 0 aliphatic carbocycles. The van der Waals surface area contributed by atoms with Gasteiger partial charge in [-0.1, -0.05) is 65.8 Å². The minimum absolute atomic E-state index is 0.0962. The number of carbonyl (C=O) groups excluding carboxylic acids is 1. The van der Waals surface area contributed by atoms with Crippen LogP contribution in [0.4, 0.5) is 0 Å². The number of aromatic nitrogens is 3. The van der Waals surface area contributed by atoms with Gasteiger partial charge in [0.15, 0.2) is 5.82 Å². The number of nitrogens with zero attached hydrogens (tertiary/aromatic N) is 3. The van der Waals surface area contributed by atoms with Crippen LogP contribution < -0.4 is 11.2 Å². The molecular formula is C18H18ClN5OS. The summed E-state index contributed by atoms with van der Waals surface area (Å²) in [4.78, 5) is 12.3. The molecule has 0 aliphatic heterocycles. The van der Waals surface area contributed by atoms with E-state index in [2.05, 4.69) is 15.5 Å². The first kappa shape index (κ1) is 18.3. The van der Waals surface area contributed by atoms with E-state index >= 15 is 0 Å². The van der Waals surface area contributed by atoms with Crippen molar-refractivity contribution in [3.05, 3.63) is 65.2 Å². The minimum Gasteiger partial charge on any atom is -0.351 e. The minimum atomic E-state index is -0.371. The predicted molar refractivity (Wildman–Crippen MR) is 104 cm³/mol. The molecule has 26 heavy (non-hydrogen) atoms. The number of thioether (sulfide) groups is 1. The molecule has 0 saturated heterocycles. The number of hydrogen-bond donors (Lipinski definition) is 2. The number of nitrogens with two attached hydrogens (primary N) is 1. The highest BCUT2D eigenvalue weighted by molar-refractivity contribution is 8.00. The van der Waals surface area contributed by atoms with Gasteiger partial charge in [-0.15, -0.1) is 10.2 Å². The molecular weight excluding hydrogens is 370 g/mol. The van der Waals surface area contributed by atoms with Crippen molar-refractivity contribution in [3.63, 3.8) is 0 Å². The molecule has 0 saturated carbocycles. The zero-order chi connectivity index (χ0) is 18.5. The molecule has 0 fully saturated rings. The molecule has 6 nitrogen and oxygen atoms in total. The molecule has 1 atom stereocenters. The van der Waals surface area contributed by atoms with Crippen LogP contribution in [0.3, 0.4) is 0 Å². The highest BCUT2D eigenvalue weighted by atomic mass is 35.5. The number of hydrogen-bond acceptors (Lipinski definition) is 5. The first-order valence-corrected chi connectivity index (χ1v) is 9.25. The lowest BCUT2D eigenvalue weighted by Crippen LogP contribution is -2.30. The Morgan fingerprint density at radius 3 is 2.62 bits per heavy atom. The molecule has 0 bridgehead atoms. The SMILES string of the molecule is C[C@@H](Sc1nnc(-c2ccccc2Cl)n1N)C(=O)NCc1ccccc1. The molecule has 3 aromatic rings. The van der Waals surface area contributed by atoms with Crippen LogP contribution in [0.1, 0.15) is 12.5 Å². The Kier molecular flexibility index (Phi) is 5.80. The van der Waals surface area contributed by atoms with E-state index in [4.69, 9.17) is 17.4 Å². The van der Waals surface area contributed by atoms with Gasteiger partial charge in [-0.25, -0.2) is 4.68 Å². The summed E-state index contributed by atoms with van der Waals surface area (Å²) in [5.74, 6) is 6.46. The molecule has 0 aliphatic rings. The number of amides is 1. The monoisotopic (exact) mass is 387 g/mol. The summed E-state index contributed by atoms with van der Waals surface area (Å²) in [7, 11) is 0. The van der Waals surface area contributed by atoms with Crippen molar-refractivity contribution >= 4 is 29.3 Å². The third-order valence-electron chi connectivity index (χ3n) is 3.74. The summed E-state index contributed by atoms with van der Waals surface area (Å²) in [6.45, 7) is 2.28. The van der Waals surface area contributed by atoms with Gasteiger partial charge in [0.1, 0.15) is 0 Å². The van der Waals surface area contributed by atoms with Crippen LogP contribution >= 0.6 is 23.4 Å². The number of halogens is 1. The fourth-order valence-corrected chi connectivity index (χ4v) is 3.34. The summed E-state index contributed by atoms with van der Waals surface area (Å²) in [5, 5.41) is 11.7. The predicted octanol–water partition coefficient (Wildman–Crippen LogP) is 3.11. The van der Waals surface area contributed by atoms with Crippen molar-refractivity contribution in [1.29, 1.82) is 0 Å². The quantitative estimate of drug-likeness (QED) is 0.501. The maximum atomic E-state index is 12.3. The maximum Gasteiger partial charge on any atom is 0.233 e. The molecule has 1 aromatic heterocycles. The van der Waals surface area contributed by atoms with Gasteiger partial charge in [-0.2, -0.15) is 0 Å². The van der Waals surface area contributed by atoms with Crippen LogP contribution in [0.5, 0.6) is 0 Å².